The predicted octanol–water partition coefficient (Wildman–Crippen LogP) is 2.61. The molecule has 1 N–H and O–H groups in total. The van der Waals surface area contributed by atoms with E-state index in [-0.39, 0.29) is 18.3 Å². The number of anilines is 1. The molecule has 0 saturated heterocycles. The van der Waals surface area contributed by atoms with Gasteiger partial charge in [-0.2, -0.15) is 0 Å². The Bertz CT molecular complexity index is 464. The lowest BCUT2D eigenvalue weighted by Gasteiger charge is -2.13. The Kier molecular flexibility index (Phi) is 4.91. The average molecular weight is 273 g/mol. The molecule has 0 saturated carbocycles. The highest BCUT2D eigenvalue weighted by Crippen LogP contribution is 2.27. The Labute approximate surface area is 109 Å². The van der Waals surface area contributed by atoms with Gasteiger partial charge in [0.2, 0.25) is 0 Å². The minimum Gasteiger partial charge on any atom is -0.461 e. The first-order valence-corrected chi connectivity index (χ1v) is 5.63. The second kappa shape index (κ2) is 6.20. The summed E-state index contributed by atoms with van der Waals surface area (Å²) in [6.45, 7) is 3.25. The SMILES string of the molecule is CC(=O)OC(C)CNc1cc(Cl)ccc1[N+](=O)[O-]. The molecule has 1 aromatic rings. The van der Waals surface area contributed by atoms with Crippen molar-refractivity contribution >= 4 is 28.9 Å². The molecule has 0 aliphatic heterocycles. The van der Waals surface area contributed by atoms with Crippen LogP contribution in [0, 0.1) is 10.1 Å². The van der Waals surface area contributed by atoms with E-state index in [9.17, 15) is 14.9 Å². The van der Waals surface area contributed by atoms with E-state index in [2.05, 4.69) is 5.32 Å². The average Bonchev–Trinajstić information content (AvgIpc) is 2.25. The maximum absolute atomic E-state index is 10.8. The monoisotopic (exact) mass is 272 g/mol. The first-order chi connectivity index (χ1) is 8.40. The fraction of sp³-hybridized carbons (Fsp3) is 0.364. The summed E-state index contributed by atoms with van der Waals surface area (Å²) < 4.78 is 4.90. The summed E-state index contributed by atoms with van der Waals surface area (Å²) in [5.74, 6) is -0.398. The number of nitrogens with one attached hydrogen (secondary N) is 1. The Morgan fingerprint density at radius 3 is 2.83 bits per heavy atom. The van der Waals surface area contributed by atoms with Gasteiger partial charge in [0.1, 0.15) is 11.8 Å². The number of nitro benzene ring substituents is 1. The van der Waals surface area contributed by atoms with Gasteiger partial charge in [0.15, 0.2) is 0 Å². The largest absolute Gasteiger partial charge is 0.461 e. The zero-order chi connectivity index (χ0) is 13.7. The molecule has 18 heavy (non-hydrogen) atoms. The standard InChI is InChI=1S/C11H13ClN2O4/c1-7(18-8(2)15)6-13-10-5-9(12)3-4-11(10)14(16)17/h3-5,7,13H,6H2,1-2H3. The molecule has 1 unspecified atom stereocenters. The van der Waals surface area contributed by atoms with E-state index in [0.717, 1.165) is 0 Å². The third-order valence-corrected chi connectivity index (χ3v) is 2.34. The fourth-order valence-electron chi connectivity index (χ4n) is 1.39. The molecule has 0 aromatic heterocycles. The van der Waals surface area contributed by atoms with Crippen LogP contribution < -0.4 is 5.32 Å². The number of nitrogens with zero attached hydrogens (tertiary/aromatic N) is 1. The van der Waals surface area contributed by atoms with Crippen LogP contribution in [0.5, 0.6) is 0 Å². The molecule has 0 aliphatic rings. The first-order valence-electron chi connectivity index (χ1n) is 5.25. The molecule has 1 rings (SSSR count). The molecule has 0 radical (unpaired) electrons. The minimum atomic E-state index is -0.505. The second-order valence-electron chi connectivity index (χ2n) is 3.72. The van der Waals surface area contributed by atoms with E-state index in [1.54, 1.807) is 6.92 Å². The summed E-state index contributed by atoms with van der Waals surface area (Å²) in [6, 6.07) is 4.22. The lowest BCUT2D eigenvalue weighted by atomic mass is 10.2. The number of halogens is 1. The van der Waals surface area contributed by atoms with E-state index in [1.807, 2.05) is 0 Å². The molecule has 1 atom stereocenters. The second-order valence-corrected chi connectivity index (χ2v) is 4.16. The molecule has 0 fully saturated rings. The summed E-state index contributed by atoms with van der Waals surface area (Å²) in [5, 5.41) is 14.0. The van der Waals surface area contributed by atoms with Crippen molar-refractivity contribution in [3.63, 3.8) is 0 Å². The summed E-state index contributed by atoms with van der Waals surface area (Å²) in [6.07, 6.45) is -0.388. The Morgan fingerprint density at radius 2 is 2.28 bits per heavy atom. The van der Waals surface area contributed by atoms with Gasteiger partial charge in [0, 0.05) is 18.0 Å². The van der Waals surface area contributed by atoms with Gasteiger partial charge < -0.3 is 10.1 Å². The number of carbonyl (C=O) groups is 1. The number of rotatable bonds is 5. The maximum atomic E-state index is 10.8. The molecule has 0 aliphatic carbocycles. The van der Waals surface area contributed by atoms with Crippen LogP contribution >= 0.6 is 11.6 Å². The molecule has 6 nitrogen and oxygen atoms in total. The smallest absolute Gasteiger partial charge is 0.302 e. The van der Waals surface area contributed by atoms with Gasteiger partial charge in [-0.3, -0.25) is 14.9 Å². The van der Waals surface area contributed by atoms with Crippen LogP contribution in [0.3, 0.4) is 0 Å². The van der Waals surface area contributed by atoms with Crippen molar-refractivity contribution in [3.8, 4) is 0 Å². The van der Waals surface area contributed by atoms with Gasteiger partial charge >= 0.3 is 5.97 Å². The highest BCUT2D eigenvalue weighted by Gasteiger charge is 2.15. The van der Waals surface area contributed by atoms with Gasteiger partial charge in [0.05, 0.1) is 11.5 Å². The van der Waals surface area contributed by atoms with Gasteiger partial charge in [-0.15, -0.1) is 0 Å². The number of esters is 1. The quantitative estimate of drug-likeness (QED) is 0.506. The van der Waals surface area contributed by atoms with Crippen molar-refractivity contribution in [3.05, 3.63) is 33.3 Å². The van der Waals surface area contributed by atoms with E-state index in [4.69, 9.17) is 16.3 Å². The summed E-state index contributed by atoms with van der Waals surface area (Å²) in [5.41, 5.74) is 0.223. The van der Waals surface area contributed by atoms with Crippen LogP contribution in [0.25, 0.3) is 0 Å². The van der Waals surface area contributed by atoms with Crippen LogP contribution in [-0.2, 0) is 9.53 Å². The minimum absolute atomic E-state index is 0.0746. The van der Waals surface area contributed by atoms with E-state index < -0.39 is 10.9 Å². The molecular formula is C11H13ClN2O4. The van der Waals surface area contributed by atoms with Crippen LogP contribution in [0.4, 0.5) is 11.4 Å². The van der Waals surface area contributed by atoms with Crippen molar-refractivity contribution in [2.45, 2.75) is 20.0 Å². The predicted molar refractivity (Wildman–Crippen MR) is 67.8 cm³/mol. The zero-order valence-electron chi connectivity index (χ0n) is 9.97. The highest BCUT2D eigenvalue weighted by atomic mass is 35.5. The summed E-state index contributed by atoms with van der Waals surface area (Å²) in [7, 11) is 0. The van der Waals surface area contributed by atoms with Crippen LogP contribution in [0.2, 0.25) is 5.02 Å². The normalized spacial score (nSPS) is 11.7. The Hall–Kier alpha value is -1.82. The molecule has 1 aromatic carbocycles. The Balaban J connectivity index is 2.74. The fourth-order valence-corrected chi connectivity index (χ4v) is 1.56. The van der Waals surface area contributed by atoms with E-state index >= 15 is 0 Å². The lowest BCUT2D eigenvalue weighted by Crippen LogP contribution is -2.22. The number of nitro groups is 1. The number of benzene rings is 1. The van der Waals surface area contributed by atoms with Crippen LogP contribution in [0.15, 0.2) is 18.2 Å². The molecule has 0 heterocycles. The van der Waals surface area contributed by atoms with Crippen LogP contribution in [0.1, 0.15) is 13.8 Å². The van der Waals surface area contributed by atoms with Gasteiger partial charge in [0.25, 0.3) is 5.69 Å². The molecule has 0 amide bonds. The molecule has 0 spiro atoms. The third-order valence-electron chi connectivity index (χ3n) is 2.10. The van der Waals surface area contributed by atoms with Crippen molar-refractivity contribution in [2.24, 2.45) is 0 Å². The molecule has 0 bridgehead atoms. The number of hydrogen-bond acceptors (Lipinski definition) is 5. The Morgan fingerprint density at radius 1 is 1.61 bits per heavy atom. The number of hydrogen-bond donors (Lipinski definition) is 1. The maximum Gasteiger partial charge on any atom is 0.302 e. The third kappa shape index (κ3) is 4.21. The first kappa shape index (κ1) is 14.2. The van der Waals surface area contributed by atoms with Gasteiger partial charge in [-0.1, -0.05) is 11.6 Å². The number of carbonyl (C=O) groups excluding carboxylic acids is 1. The van der Waals surface area contributed by atoms with E-state index in [0.29, 0.717) is 10.7 Å². The van der Waals surface area contributed by atoms with Gasteiger partial charge in [-0.25, -0.2) is 0 Å². The number of ether oxygens (including phenoxy) is 1. The summed E-state index contributed by atoms with van der Waals surface area (Å²) >= 11 is 5.77. The van der Waals surface area contributed by atoms with Crippen molar-refractivity contribution < 1.29 is 14.5 Å². The van der Waals surface area contributed by atoms with Crippen molar-refractivity contribution in [2.75, 3.05) is 11.9 Å². The van der Waals surface area contributed by atoms with Gasteiger partial charge in [-0.05, 0) is 19.1 Å². The van der Waals surface area contributed by atoms with Crippen molar-refractivity contribution in [1.29, 1.82) is 0 Å². The van der Waals surface area contributed by atoms with Crippen molar-refractivity contribution in [1.82, 2.24) is 0 Å². The highest BCUT2D eigenvalue weighted by molar-refractivity contribution is 6.31. The lowest BCUT2D eigenvalue weighted by molar-refractivity contribution is -0.384. The zero-order valence-corrected chi connectivity index (χ0v) is 10.7. The van der Waals surface area contributed by atoms with Crippen LogP contribution in [-0.4, -0.2) is 23.5 Å². The molecular weight excluding hydrogens is 260 g/mol. The summed E-state index contributed by atoms with van der Waals surface area (Å²) in [4.78, 5) is 21.0. The molecule has 98 valence electrons. The molecule has 7 heteroatoms. The van der Waals surface area contributed by atoms with E-state index in [1.165, 1.54) is 25.1 Å². The topological polar surface area (TPSA) is 81.5 Å².